The van der Waals surface area contributed by atoms with Crippen LogP contribution in [0.3, 0.4) is 0 Å². The van der Waals surface area contributed by atoms with Gasteiger partial charge < -0.3 is 14.2 Å². The highest BCUT2D eigenvalue weighted by molar-refractivity contribution is 7.53. The molecular weight excluding hydrogens is 279 g/mol. The summed E-state index contributed by atoms with van der Waals surface area (Å²) in [6.07, 6.45) is 3.05. The predicted molar refractivity (Wildman–Crippen MR) is 80.2 cm³/mol. The Kier molecular flexibility index (Phi) is 10.2. The van der Waals surface area contributed by atoms with Crippen LogP contribution in [0.5, 0.6) is 0 Å². The van der Waals surface area contributed by atoms with Crippen molar-refractivity contribution in [2.45, 2.75) is 53.4 Å². The van der Waals surface area contributed by atoms with Gasteiger partial charge in [-0.05, 0) is 32.1 Å². The van der Waals surface area contributed by atoms with Crippen LogP contribution in [0, 0.1) is 11.8 Å². The standard InChI is InChI=1S/C14H29O5P/c1-5-8-12(4)9-13(10-14(15)16)11-20(17,18-6-2)19-7-3/h12-13H,5-11H2,1-4H3,(H,15,16). The Labute approximate surface area is 122 Å². The summed E-state index contributed by atoms with van der Waals surface area (Å²) < 4.78 is 23.0. The van der Waals surface area contributed by atoms with Gasteiger partial charge in [0.2, 0.25) is 0 Å². The smallest absolute Gasteiger partial charge is 0.330 e. The van der Waals surface area contributed by atoms with Crippen molar-refractivity contribution in [2.75, 3.05) is 19.4 Å². The quantitative estimate of drug-likeness (QED) is 0.548. The predicted octanol–water partition coefficient (Wildman–Crippen LogP) is 4.17. The number of aliphatic carboxylic acids is 1. The molecule has 0 rings (SSSR count). The zero-order chi connectivity index (χ0) is 15.6. The van der Waals surface area contributed by atoms with Gasteiger partial charge in [-0.25, -0.2) is 0 Å². The zero-order valence-corrected chi connectivity index (χ0v) is 14.0. The average Bonchev–Trinajstić information content (AvgIpc) is 2.27. The molecule has 6 heteroatoms. The third-order valence-corrected chi connectivity index (χ3v) is 5.38. The summed E-state index contributed by atoms with van der Waals surface area (Å²) in [7, 11) is -3.17. The normalized spacial score (nSPS) is 15.0. The van der Waals surface area contributed by atoms with Crippen LogP contribution >= 0.6 is 7.60 Å². The molecule has 0 heterocycles. The molecular formula is C14H29O5P. The summed E-state index contributed by atoms with van der Waals surface area (Å²) in [5, 5.41) is 9.01. The number of hydrogen-bond acceptors (Lipinski definition) is 4. The molecule has 2 unspecified atom stereocenters. The van der Waals surface area contributed by atoms with E-state index in [1.54, 1.807) is 13.8 Å². The summed E-state index contributed by atoms with van der Waals surface area (Å²) in [5.41, 5.74) is 0. The first-order chi connectivity index (χ1) is 9.36. The first-order valence-electron chi connectivity index (χ1n) is 7.46. The minimum Gasteiger partial charge on any atom is -0.481 e. The van der Waals surface area contributed by atoms with Crippen LogP contribution in [0.1, 0.15) is 53.4 Å². The number of rotatable bonds is 12. The van der Waals surface area contributed by atoms with Gasteiger partial charge in [0, 0.05) is 6.42 Å². The van der Waals surface area contributed by atoms with Crippen molar-refractivity contribution >= 4 is 13.6 Å². The molecule has 1 N–H and O–H groups in total. The van der Waals surface area contributed by atoms with Crippen molar-refractivity contribution < 1.29 is 23.5 Å². The lowest BCUT2D eigenvalue weighted by atomic mass is 9.92. The lowest BCUT2D eigenvalue weighted by Crippen LogP contribution is -2.17. The average molecular weight is 308 g/mol. The highest BCUT2D eigenvalue weighted by atomic mass is 31.2. The largest absolute Gasteiger partial charge is 0.481 e. The van der Waals surface area contributed by atoms with Gasteiger partial charge in [0.15, 0.2) is 0 Å². The van der Waals surface area contributed by atoms with Crippen molar-refractivity contribution in [3.05, 3.63) is 0 Å². The maximum absolute atomic E-state index is 12.5. The number of carboxylic acids is 1. The lowest BCUT2D eigenvalue weighted by molar-refractivity contribution is -0.138. The first kappa shape index (κ1) is 19.6. The van der Waals surface area contributed by atoms with Gasteiger partial charge in [0.25, 0.3) is 0 Å². The Morgan fingerprint density at radius 2 is 1.75 bits per heavy atom. The van der Waals surface area contributed by atoms with Crippen LogP contribution in [0.15, 0.2) is 0 Å². The molecule has 5 nitrogen and oxygen atoms in total. The van der Waals surface area contributed by atoms with E-state index in [2.05, 4.69) is 13.8 Å². The second-order valence-corrected chi connectivity index (χ2v) is 7.33. The van der Waals surface area contributed by atoms with E-state index >= 15 is 0 Å². The Morgan fingerprint density at radius 1 is 1.20 bits per heavy atom. The van der Waals surface area contributed by atoms with Crippen molar-refractivity contribution in [3.8, 4) is 0 Å². The second kappa shape index (κ2) is 10.4. The third-order valence-electron chi connectivity index (χ3n) is 3.11. The molecule has 0 fully saturated rings. The minimum absolute atomic E-state index is 0.0121. The van der Waals surface area contributed by atoms with E-state index < -0.39 is 13.6 Å². The van der Waals surface area contributed by atoms with Crippen LogP contribution in [0.4, 0.5) is 0 Å². The number of carboxylic acid groups (broad SMARTS) is 1. The first-order valence-corrected chi connectivity index (χ1v) is 9.19. The van der Waals surface area contributed by atoms with E-state index in [-0.39, 0.29) is 18.5 Å². The van der Waals surface area contributed by atoms with E-state index in [0.717, 1.165) is 19.3 Å². The molecule has 120 valence electrons. The van der Waals surface area contributed by atoms with Gasteiger partial charge in [-0.15, -0.1) is 0 Å². The summed E-state index contributed by atoms with van der Waals surface area (Å²) in [4.78, 5) is 11.0. The topological polar surface area (TPSA) is 72.8 Å². The zero-order valence-electron chi connectivity index (χ0n) is 13.1. The monoisotopic (exact) mass is 308 g/mol. The second-order valence-electron chi connectivity index (χ2n) is 5.22. The molecule has 0 radical (unpaired) electrons. The van der Waals surface area contributed by atoms with Crippen LogP contribution in [0.2, 0.25) is 0 Å². The summed E-state index contributed by atoms with van der Waals surface area (Å²) in [6, 6.07) is 0. The van der Waals surface area contributed by atoms with E-state index in [9.17, 15) is 9.36 Å². The fourth-order valence-corrected chi connectivity index (χ4v) is 4.48. The Bertz CT molecular complexity index is 309. The number of hydrogen-bond donors (Lipinski definition) is 1. The van der Waals surface area contributed by atoms with Gasteiger partial charge >= 0.3 is 13.6 Å². The van der Waals surface area contributed by atoms with Crippen molar-refractivity contribution in [2.24, 2.45) is 11.8 Å². The molecule has 0 aliphatic heterocycles. The molecule has 2 atom stereocenters. The fourth-order valence-electron chi connectivity index (χ4n) is 2.50. The lowest BCUT2D eigenvalue weighted by Gasteiger charge is -2.24. The maximum Gasteiger partial charge on any atom is 0.330 e. The Balaban J connectivity index is 4.74. The van der Waals surface area contributed by atoms with Crippen LogP contribution < -0.4 is 0 Å². The fraction of sp³-hybridized carbons (Fsp3) is 0.929. The maximum atomic E-state index is 12.5. The van der Waals surface area contributed by atoms with Gasteiger partial charge in [0.1, 0.15) is 0 Å². The Morgan fingerprint density at radius 3 is 2.15 bits per heavy atom. The number of carbonyl (C=O) groups is 1. The molecule has 20 heavy (non-hydrogen) atoms. The van der Waals surface area contributed by atoms with Gasteiger partial charge in [0.05, 0.1) is 19.4 Å². The van der Waals surface area contributed by atoms with Gasteiger partial charge in [-0.2, -0.15) is 0 Å². The molecule has 0 aliphatic rings. The van der Waals surface area contributed by atoms with Gasteiger partial charge in [-0.1, -0.05) is 26.7 Å². The molecule has 0 amide bonds. The van der Waals surface area contributed by atoms with Crippen molar-refractivity contribution in [1.29, 1.82) is 0 Å². The Hall–Kier alpha value is -0.380. The molecule has 0 spiro atoms. The molecule has 0 aromatic rings. The van der Waals surface area contributed by atoms with Crippen molar-refractivity contribution in [1.82, 2.24) is 0 Å². The van der Waals surface area contributed by atoms with E-state index in [1.807, 2.05) is 0 Å². The summed E-state index contributed by atoms with van der Waals surface area (Å²) in [5.74, 6) is -0.614. The van der Waals surface area contributed by atoms with E-state index in [1.165, 1.54) is 0 Å². The third kappa shape index (κ3) is 8.72. The summed E-state index contributed by atoms with van der Waals surface area (Å²) in [6.45, 7) is 8.34. The SMILES string of the molecule is CCCC(C)CC(CC(=O)O)CP(=O)(OCC)OCC. The molecule has 0 saturated carbocycles. The molecule has 0 aliphatic carbocycles. The highest BCUT2D eigenvalue weighted by Crippen LogP contribution is 2.50. The minimum atomic E-state index is -3.17. The van der Waals surface area contributed by atoms with Crippen LogP contribution in [0.25, 0.3) is 0 Å². The van der Waals surface area contributed by atoms with E-state index in [4.69, 9.17) is 14.2 Å². The summed E-state index contributed by atoms with van der Waals surface area (Å²) >= 11 is 0. The highest BCUT2D eigenvalue weighted by Gasteiger charge is 2.30. The van der Waals surface area contributed by atoms with Crippen LogP contribution in [-0.2, 0) is 18.4 Å². The van der Waals surface area contributed by atoms with Crippen molar-refractivity contribution in [3.63, 3.8) is 0 Å². The molecule has 0 bridgehead atoms. The van der Waals surface area contributed by atoms with Gasteiger partial charge in [-0.3, -0.25) is 9.36 Å². The van der Waals surface area contributed by atoms with E-state index in [0.29, 0.717) is 19.1 Å². The molecule has 0 aromatic carbocycles. The van der Waals surface area contributed by atoms with Crippen LogP contribution in [-0.4, -0.2) is 30.5 Å². The molecule has 0 saturated heterocycles. The molecule has 0 aromatic heterocycles.